The van der Waals surface area contributed by atoms with Crippen LogP contribution in [0.2, 0.25) is 0 Å². The van der Waals surface area contributed by atoms with E-state index >= 15 is 0 Å². The normalized spacial score (nSPS) is 17.8. The lowest BCUT2D eigenvalue weighted by Gasteiger charge is -2.40. The summed E-state index contributed by atoms with van der Waals surface area (Å²) in [7, 11) is 0. The number of carbonyl (C=O) groups is 2. The van der Waals surface area contributed by atoms with E-state index in [2.05, 4.69) is 67.8 Å². The molecule has 0 aromatic rings. The fourth-order valence-electron chi connectivity index (χ4n) is 12.4. The van der Waals surface area contributed by atoms with E-state index in [-0.39, 0.29) is 18.5 Å². The highest BCUT2D eigenvalue weighted by molar-refractivity contribution is 5.76. The van der Waals surface area contributed by atoms with E-state index in [1.165, 1.54) is 283 Å². The van der Waals surface area contributed by atoms with Crippen LogP contribution in [-0.4, -0.2) is 100 Å². The number of amides is 1. The van der Waals surface area contributed by atoms with Gasteiger partial charge in [0.15, 0.2) is 6.29 Å². The van der Waals surface area contributed by atoms with Crippen LogP contribution in [0.4, 0.5) is 0 Å². The molecule has 11 heteroatoms. The number of rotatable bonds is 70. The van der Waals surface area contributed by atoms with Gasteiger partial charge in [0.1, 0.15) is 24.4 Å². The summed E-state index contributed by atoms with van der Waals surface area (Å²) in [5.41, 5.74) is 0. The highest BCUT2D eigenvalue weighted by Crippen LogP contribution is 2.24. The van der Waals surface area contributed by atoms with E-state index in [0.29, 0.717) is 19.4 Å². The quantitative estimate of drug-likeness (QED) is 0.0195. The number of hydrogen-bond donors (Lipinski definition) is 6. The third-order valence-electron chi connectivity index (χ3n) is 18.6. The second kappa shape index (κ2) is 69.7. The van der Waals surface area contributed by atoms with Crippen molar-refractivity contribution in [1.82, 2.24) is 5.32 Å². The molecule has 1 rings (SSSR count). The fourth-order valence-corrected chi connectivity index (χ4v) is 12.4. The van der Waals surface area contributed by atoms with E-state index < -0.39 is 49.5 Å². The fraction of sp³-hybridized carbons (Fsp3) is 0.852. The van der Waals surface area contributed by atoms with Gasteiger partial charge in [0.2, 0.25) is 5.91 Å². The summed E-state index contributed by atoms with van der Waals surface area (Å²) in [5, 5.41) is 54.4. The van der Waals surface area contributed by atoms with Crippen molar-refractivity contribution in [3.63, 3.8) is 0 Å². The van der Waals surface area contributed by atoms with Crippen molar-refractivity contribution in [2.45, 2.75) is 423 Å². The summed E-state index contributed by atoms with van der Waals surface area (Å²) in [6.07, 6.45) is 84.0. The second-order valence-electron chi connectivity index (χ2n) is 27.4. The first-order valence-corrected chi connectivity index (χ1v) is 39.6. The van der Waals surface area contributed by atoms with Crippen molar-refractivity contribution in [1.29, 1.82) is 0 Å². The Morgan fingerprint density at radius 3 is 1.12 bits per heavy atom. The summed E-state index contributed by atoms with van der Waals surface area (Å²) in [6.45, 7) is 4.33. The minimum absolute atomic E-state index is 0.00643. The van der Waals surface area contributed by atoms with Crippen LogP contribution < -0.4 is 5.32 Å². The molecule has 0 spiro atoms. The van der Waals surface area contributed by atoms with E-state index in [1.807, 2.05) is 6.08 Å². The number of hydrogen-bond acceptors (Lipinski definition) is 10. The number of ether oxygens (including phenoxy) is 3. The summed E-state index contributed by atoms with van der Waals surface area (Å²) in [5.74, 6) is -0.173. The predicted octanol–water partition coefficient (Wildman–Crippen LogP) is 21.2. The van der Waals surface area contributed by atoms with Crippen molar-refractivity contribution >= 4 is 11.9 Å². The molecule has 0 radical (unpaired) electrons. The molecule has 92 heavy (non-hydrogen) atoms. The predicted molar refractivity (Wildman–Crippen MR) is 389 cm³/mol. The van der Waals surface area contributed by atoms with Gasteiger partial charge in [-0.15, -0.1) is 0 Å². The molecule has 538 valence electrons. The van der Waals surface area contributed by atoms with Crippen LogP contribution in [0, 0.1) is 0 Å². The Balaban J connectivity index is 1.88. The van der Waals surface area contributed by atoms with Crippen LogP contribution in [0.15, 0.2) is 60.8 Å². The monoisotopic (exact) mass is 1300 g/mol. The Bertz CT molecular complexity index is 1710. The maximum absolute atomic E-state index is 13.0. The minimum atomic E-state index is -1.57. The first-order valence-electron chi connectivity index (χ1n) is 39.6. The topological polar surface area (TPSA) is 175 Å². The number of carbonyl (C=O) groups excluding carboxylic acids is 2. The maximum atomic E-state index is 13.0. The molecule has 1 aliphatic heterocycles. The molecule has 0 aliphatic carbocycles. The van der Waals surface area contributed by atoms with Crippen molar-refractivity contribution < 1.29 is 49.3 Å². The average molecular weight is 1300 g/mol. The number of aliphatic hydroxyl groups excluding tert-OH is 5. The number of aliphatic hydroxyl groups is 5. The molecule has 7 unspecified atom stereocenters. The zero-order chi connectivity index (χ0) is 66.5. The lowest BCUT2D eigenvalue weighted by atomic mass is 9.99. The van der Waals surface area contributed by atoms with Crippen LogP contribution >= 0.6 is 0 Å². The SMILES string of the molecule is CCCCC/C=C\C/C=C\CCCCCCCCCCCC(=O)OCCCCCCCCCCCCC/C=C\C/C=C\CCCCCCCCCCCCCCCCCCCC(=O)NC(COC1OC(CO)C(O)C(O)C1O)C(O)/C=C/CCCCCCCCCC. The van der Waals surface area contributed by atoms with E-state index in [0.717, 1.165) is 70.6 Å². The van der Waals surface area contributed by atoms with Gasteiger partial charge in [-0.05, 0) is 96.3 Å². The molecule has 0 bridgehead atoms. The van der Waals surface area contributed by atoms with Crippen LogP contribution in [0.25, 0.3) is 0 Å². The van der Waals surface area contributed by atoms with Crippen LogP contribution in [0.1, 0.15) is 380 Å². The Hall–Kier alpha value is -2.64. The number of nitrogens with one attached hydrogen (secondary N) is 1. The third-order valence-corrected chi connectivity index (χ3v) is 18.6. The van der Waals surface area contributed by atoms with Crippen molar-refractivity contribution in [3.8, 4) is 0 Å². The highest BCUT2D eigenvalue weighted by Gasteiger charge is 2.44. The molecular weight excluding hydrogens is 1150 g/mol. The van der Waals surface area contributed by atoms with Gasteiger partial charge in [0.25, 0.3) is 0 Å². The van der Waals surface area contributed by atoms with Crippen molar-refractivity contribution in [2.75, 3.05) is 19.8 Å². The van der Waals surface area contributed by atoms with Gasteiger partial charge in [0, 0.05) is 12.8 Å². The first kappa shape index (κ1) is 87.4. The summed E-state index contributed by atoms with van der Waals surface area (Å²) in [4.78, 5) is 25.2. The van der Waals surface area contributed by atoms with Gasteiger partial charge >= 0.3 is 5.97 Å². The Morgan fingerprint density at radius 1 is 0.402 bits per heavy atom. The van der Waals surface area contributed by atoms with Gasteiger partial charge in [0.05, 0.1) is 32.0 Å². The molecule has 1 fully saturated rings. The molecular formula is C81H149NO10. The first-order chi connectivity index (χ1) is 45.2. The maximum Gasteiger partial charge on any atom is 0.305 e. The minimum Gasteiger partial charge on any atom is -0.466 e. The number of allylic oxidation sites excluding steroid dienone is 9. The van der Waals surface area contributed by atoms with Gasteiger partial charge in [-0.1, -0.05) is 331 Å². The molecule has 11 nitrogen and oxygen atoms in total. The number of unbranched alkanes of at least 4 members (excludes halogenated alkanes) is 48. The molecule has 1 amide bonds. The molecule has 1 aliphatic rings. The molecule has 6 N–H and O–H groups in total. The van der Waals surface area contributed by atoms with Gasteiger partial charge < -0.3 is 45.1 Å². The third kappa shape index (κ3) is 57.6. The van der Waals surface area contributed by atoms with Crippen LogP contribution in [-0.2, 0) is 23.8 Å². The van der Waals surface area contributed by atoms with Crippen LogP contribution in [0.5, 0.6) is 0 Å². The Morgan fingerprint density at radius 2 is 0.728 bits per heavy atom. The lowest BCUT2D eigenvalue weighted by Crippen LogP contribution is -2.60. The average Bonchev–Trinajstić information content (AvgIpc) is 1.42. The number of esters is 1. The van der Waals surface area contributed by atoms with E-state index in [1.54, 1.807) is 6.08 Å². The standard InChI is InChI=1S/C81H149NO10/c1-3-5-7-9-11-13-15-16-17-18-36-40-43-46-49-53-57-61-65-69-77(86)90-70-66-62-58-54-50-47-44-41-38-35-33-31-29-27-25-23-21-19-20-22-24-26-28-30-32-34-37-39-42-45-48-52-56-60-64-68-76(85)82-73(72-91-81-80(89)79(88)78(87)75(71-83)92-81)74(84)67-63-59-55-51-14-12-10-8-6-4-2/h11,13,16-17,21,23,27,29,63,67,73-75,78-81,83-84,87-89H,3-10,12,14-15,18-20,22,24-26,28,30-62,64-66,68-72H2,1-2H3,(H,82,85)/b13-11-,17-16-,23-21-,29-27-,67-63+. The van der Waals surface area contributed by atoms with Crippen molar-refractivity contribution in [2.24, 2.45) is 0 Å². The summed E-state index contributed by atoms with van der Waals surface area (Å²) < 4.78 is 16.8. The zero-order valence-electron chi connectivity index (χ0n) is 60.0. The van der Waals surface area contributed by atoms with Crippen LogP contribution in [0.3, 0.4) is 0 Å². The molecule has 0 aromatic carbocycles. The molecule has 0 aromatic heterocycles. The summed E-state index contributed by atoms with van der Waals surface area (Å²) >= 11 is 0. The Labute approximate surface area is 567 Å². The second-order valence-corrected chi connectivity index (χ2v) is 27.4. The highest BCUT2D eigenvalue weighted by atomic mass is 16.7. The van der Waals surface area contributed by atoms with Crippen molar-refractivity contribution in [3.05, 3.63) is 60.8 Å². The van der Waals surface area contributed by atoms with Gasteiger partial charge in [-0.25, -0.2) is 0 Å². The van der Waals surface area contributed by atoms with E-state index in [9.17, 15) is 35.1 Å². The van der Waals surface area contributed by atoms with Gasteiger partial charge in [-0.2, -0.15) is 0 Å². The molecule has 7 atom stereocenters. The summed E-state index contributed by atoms with van der Waals surface area (Å²) in [6, 6.07) is -0.808. The lowest BCUT2D eigenvalue weighted by molar-refractivity contribution is -0.302. The zero-order valence-corrected chi connectivity index (χ0v) is 60.0. The van der Waals surface area contributed by atoms with E-state index in [4.69, 9.17) is 14.2 Å². The molecule has 1 saturated heterocycles. The largest absolute Gasteiger partial charge is 0.466 e. The smallest absolute Gasteiger partial charge is 0.305 e. The molecule has 0 saturated carbocycles. The van der Waals surface area contributed by atoms with Gasteiger partial charge in [-0.3, -0.25) is 9.59 Å². The molecule has 1 heterocycles. The Kier molecular flexibility index (Phi) is 66.2.